The van der Waals surface area contributed by atoms with Crippen LogP contribution in [0.5, 0.6) is 5.75 Å². The number of anilines is 1. The summed E-state index contributed by atoms with van der Waals surface area (Å²) >= 11 is 15.0. The van der Waals surface area contributed by atoms with Crippen LogP contribution in [0.15, 0.2) is 70.7 Å². The molecule has 1 unspecified atom stereocenters. The molecule has 248 valence electrons. The highest BCUT2D eigenvalue weighted by Gasteiger charge is 2.49. The van der Waals surface area contributed by atoms with Crippen LogP contribution >= 0.6 is 46.3 Å². The fraction of sp³-hybridized carbons (Fsp3) is 0.286. The normalized spacial score (nSPS) is 15.9. The SMILES string of the molecule is CCCCCCOc1ccc(C2C(=C(O)c3nc4c(C)cccn4c3C)C(=O)C(=O)N2c2nnc(SCc3ccc(Cl)cc3Cl)s2)cc1. The standard InChI is InChI=1S/C35H33Cl2N5O4S2/c1-4-5-6-7-17-46-25-14-11-22(12-15-25)29-27(30(43)28-21(3)41-16-8-9-20(2)32(41)38-28)31(44)33(45)42(29)34-39-40-35(48-34)47-19-23-10-13-24(36)18-26(23)37/h8-16,18,29,43H,4-7,17,19H2,1-3H3. The molecule has 48 heavy (non-hydrogen) atoms. The molecule has 1 amide bonds. The third kappa shape index (κ3) is 6.82. The van der Waals surface area contributed by atoms with Gasteiger partial charge in [0.15, 0.2) is 10.1 Å². The Labute approximate surface area is 296 Å². The van der Waals surface area contributed by atoms with Gasteiger partial charge < -0.3 is 14.2 Å². The molecule has 2 aromatic carbocycles. The monoisotopic (exact) mass is 721 g/mol. The van der Waals surface area contributed by atoms with Crippen molar-refractivity contribution in [1.82, 2.24) is 19.6 Å². The van der Waals surface area contributed by atoms with Gasteiger partial charge in [0.25, 0.3) is 5.78 Å². The van der Waals surface area contributed by atoms with Gasteiger partial charge in [-0.3, -0.25) is 14.5 Å². The van der Waals surface area contributed by atoms with E-state index in [4.69, 9.17) is 27.9 Å². The van der Waals surface area contributed by atoms with Gasteiger partial charge in [-0.1, -0.05) is 96.8 Å². The van der Waals surface area contributed by atoms with E-state index in [0.717, 1.165) is 36.8 Å². The summed E-state index contributed by atoms with van der Waals surface area (Å²) in [4.78, 5) is 33.6. The first-order valence-corrected chi connectivity index (χ1v) is 18.1. The van der Waals surface area contributed by atoms with Crippen molar-refractivity contribution < 1.29 is 19.4 Å². The highest BCUT2D eigenvalue weighted by molar-refractivity contribution is 8.00. The molecule has 0 saturated carbocycles. The van der Waals surface area contributed by atoms with Gasteiger partial charge in [-0.2, -0.15) is 0 Å². The van der Waals surface area contributed by atoms with Crippen LogP contribution in [0.25, 0.3) is 11.4 Å². The topological polar surface area (TPSA) is 110 Å². The Balaban J connectivity index is 1.37. The zero-order chi connectivity index (χ0) is 33.9. The number of aliphatic hydroxyl groups excluding tert-OH is 1. The van der Waals surface area contributed by atoms with Crippen molar-refractivity contribution in [3.63, 3.8) is 0 Å². The average molecular weight is 723 g/mol. The number of unbranched alkanes of at least 4 members (excludes halogenated alkanes) is 3. The van der Waals surface area contributed by atoms with Gasteiger partial charge in [0.1, 0.15) is 17.1 Å². The summed E-state index contributed by atoms with van der Waals surface area (Å²) < 4.78 is 8.38. The van der Waals surface area contributed by atoms with E-state index in [9.17, 15) is 14.7 Å². The Bertz CT molecular complexity index is 2030. The van der Waals surface area contributed by atoms with Crippen LogP contribution in [0, 0.1) is 13.8 Å². The molecule has 1 aliphatic heterocycles. The largest absolute Gasteiger partial charge is 0.505 e. The number of rotatable bonds is 12. The zero-order valence-corrected chi connectivity index (χ0v) is 29.7. The Morgan fingerprint density at radius 1 is 1.04 bits per heavy atom. The Morgan fingerprint density at radius 3 is 2.56 bits per heavy atom. The molecule has 1 fully saturated rings. The maximum absolute atomic E-state index is 13.8. The summed E-state index contributed by atoms with van der Waals surface area (Å²) in [6.07, 6.45) is 6.20. The molecule has 5 aromatic rings. The number of thioether (sulfide) groups is 1. The van der Waals surface area contributed by atoms with E-state index in [1.54, 1.807) is 24.3 Å². The maximum Gasteiger partial charge on any atom is 0.301 e. The number of aromatic nitrogens is 4. The summed E-state index contributed by atoms with van der Waals surface area (Å²) in [7, 11) is 0. The lowest BCUT2D eigenvalue weighted by Gasteiger charge is -2.22. The number of benzene rings is 2. The van der Waals surface area contributed by atoms with Gasteiger partial charge >= 0.3 is 5.91 Å². The minimum atomic E-state index is -0.981. The zero-order valence-electron chi connectivity index (χ0n) is 26.6. The van der Waals surface area contributed by atoms with Crippen molar-refractivity contribution in [2.75, 3.05) is 11.5 Å². The molecule has 9 nitrogen and oxygen atoms in total. The Morgan fingerprint density at radius 2 is 1.83 bits per heavy atom. The summed E-state index contributed by atoms with van der Waals surface area (Å²) in [5.74, 6) is -0.828. The van der Waals surface area contributed by atoms with Crippen LogP contribution < -0.4 is 9.64 Å². The van der Waals surface area contributed by atoms with Crippen LogP contribution in [0.1, 0.15) is 66.7 Å². The number of carbonyl (C=O) groups is 2. The quantitative estimate of drug-likeness (QED) is 0.0340. The van der Waals surface area contributed by atoms with Crippen molar-refractivity contribution in [3.8, 4) is 5.75 Å². The van der Waals surface area contributed by atoms with Gasteiger partial charge in [0.2, 0.25) is 5.13 Å². The number of hydrogen-bond donors (Lipinski definition) is 1. The lowest BCUT2D eigenvalue weighted by molar-refractivity contribution is -0.132. The minimum absolute atomic E-state index is 0.0743. The number of halogens is 2. The fourth-order valence-electron chi connectivity index (χ4n) is 5.62. The fourth-order valence-corrected chi connectivity index (χ4v) is 8.05. The van der Waals surface area contributed by atoms with E-state index in [1.165, 1.54) is 28.0 Å². The van der Waals surface area contributed by atoms with Crippen LogP contribution in [-0.4, -0.2) is 43.0 Å². The van der Waals surface area contributed by atoms with Crippen LogP contribution in [0.2, 0.25) is 10.0 Å². The number of fused-ring (bicyclic) bond motifs is 1. The Hall–Kier alpha value is -3.90. The van der Waals surface area contributed by atoms with Crippen molar-refractivity contribution in [1.29, 1.82) is 0 Å². The number of nitrogens with zero attached hydrogens (tertiary/aromatic N) is 5. The van der Waals surface area contributed by atoms with Gasteiger partial charge in [0, 0.05) is 22.0 Å². The molecule has 1 N–H and O–H groups in total. The lowest BCUT2D eigenvalue weighted by atomic mass is 9.96. The number of ether oxygens (including phenoxy) is 1. The average Bonchev–Trinajstić information content (AvgIpc) is 3.75. The molecule has 0 spiro atoms. The first-order chi connectivity index (χ1) is 23.2. The molecule has 0 bridgehead atoms. The third-order valence-corrected chi connectivity index (χ3v) is 10.9. The molecule has 1 atom stereocenters. The maximum atomic E-state index is 13.8. The first-order valence-electron chi connectivity index (χ1n) is 15.6. The number of Topliss-reactive ketones (excluding diaryl/α,β-unsaturated/α-hetero) is 1. The molecule has 1 saturated heterocycles. The number of imidazole rings is 1. The van der Waals surface area contributed by atoms with Gasteiger partial charge in [-0.15, -0.1) is 10.2 Å². The predicted octanol–water partition coefficient (Wildman–Crippen LogP) is 8.99. The number of aryl methyl sites for hydroxylation is 2. The molecule has 1 aliphatic rings. The summed E-state index contributed by atoms with van der Waals surface area (Å²) in [6, 6.07) is 15.4. The molecule has 4 heterocycles. The smallest absolute Gasteiger partial charge is 0.301 e. The third-order valence-electron chi connectivity index (χ3n) is 8.18. The lowest BCUT2D eigenvalue weighted by Crippen LogP contribution is -2.29. The molecular weight excluding hydrogens is 689 g/mol. The molecule has 0 radical (unpaired) electrons. The molecule has 3 aromatic heterocycles. The summed E-state index contributed by atoms with van der Waals surface area (Å²) in [5, 5.41) is 21.7. The minimum Gasteiger partial charge on any atom is -0.505 e. The van der Waals surface area contributed by atoms with E-state index < -0.39 is 17.7 Å². The molecule has 13 heteroatoms. The second kappa shape index (κ2) is 14.7. The number of ketones is 1. The highest BCUT2D eigenvalue weighted by atomic mass is 35.5. The second-order valence-electron chi connectivity index (χ2n) is 11.5. The van der Waals surface area contributed by atoms with E-state index in [0.29, 0.717) is 49.4 Å². The van der Waals surface area contributed by atoms with Gasteiger partial charge in [0.05, 0.1) is 23.9 Å². The van der Waals surface area contributed by atoms with Crippen LogP contribution in [0.3, 0.4) is 0 Å². The number of hydrogen-bond acceptors (Lipinski definition) is 9. The molecule has 6 rings (SSSR count). The first kappa shape index (κ1) is 34.0. The summed E-state index contributed by atoms with van der Waals surface area (Å²) in [5.41, 5.74) is 3.81. The van der Waals surface area contributed by atoms with Crippen LogP contribution in [-0.2, 0) is 15.3 Å². The van der Waals surface area contributed by atoms with Gasteiger partial charge in [-0.05, 0) is 67.3 Å². The molecular formula is C35H33Cl2N5O4S2. The highest BCUT2D eigenvalue weighted by Crippen LogP contribution is 2.45. The van der Waals surface area contributed by atoms with E-state index in [1.807, 2.05) is 54.8 Å². The van der Waals surface area contributed by atoms with Crippen molar-refractivity contribution in [3.05, 3.63) is 104 Å². The van der Waals surface area contributed by atoms with E-state index >= 15 is 0 Å². The predicted molar refractivity (Wildman–Crippen MR) is 191 cm³/mol. The number of aliphatic hydroxyl groups is 1. The summed E-state index contributed by atoms with van der Waals surface area (Å²) in [6.45, 7) is 6.49. The van der Waals surface area contributed by atoms with Gasteiger partial charge in [-0.25, -0.2) is 4.98 Å². The van der Waals surface area contributed by atoms with Crippen LogP contribution in [0.4, 0.5) is 5.13 Å². The van der Waals surface area contributed by atoms with E-state index in [-0.39, 0.29) is 22.2 Å². The Kier molecular flexibility index (Phi) is 10.4. The van der Waals surface area contributed by atoms with Crippen molar-refractivity contribution in [2.45, 2.75) is 62.6 Å². The van der Waals surface area contributed by atoms with Crippen molar-refractivity contribution >= 4 is 74.5 Å². The molecule has 0 aliphatic carbocycles. The number of carbonyl (C=O) groups excluding carboxylic acids is 2. The van der Waals surface area contributed by atoms with E-state index in [2.05, 4.69) is 22.1 Å². The van der Waals surface area contributed by atoms with Crippen molar-refractivity contribution in [2.24, 2.45) is 0 Å². The number of pyridine rings is 1. The number of amides is 1. The second-order valence-corrected chi connectivity index (χ2v) is 14.5.